The fourth-order valence-corrected chi connectivity index (χ4v) is 2.62. The summed E-state index contributed by atoms with van der Waals surface area (Å²) in [6.45, 7) is 7.54. The number of fused-ring (bicyclic) bond motifs is 1. The minimum absolute atomic E-state index is 0.117. The zero-order valence-electron chi connectivity index (χ0n) is 13.9. The molecule has 0 bridgehead atoms. The van der Waals surface area contributed by atoms with E-state index in [9.17, 15) is 0 Å². The van der Waals surface area contributed by atoms with Crippen LogP contribution in [0.3, 0.4) is 0 Å². The second kappa shape index (κ2) is 6.86. The molecule has 0 amide bonds. The number of anilines is 1. The molecule has 5 heteroatoms. The number of nitrogens with zero attached hydrogens (tertiary/aromatic N) is 2. The lowest BCUT2D eigenvalue weighted by atomic mass is 10.1. The average molecular weight is 313 g/mol. The molecule has 5 nitrogen and oxygen atoms in total. The monoisotopic (exact) mass is 313 g/mol. The Balaban J connectivity index is 1.82. The molecule has 0 saturated heterocycles. The molecule has 1 aliphatic heterocycles. The summed E-state index contributed by atoms with van der Waals surface area (Å²) in [6, 6.07) is 6.23. The number of benzene rings is 1. The second-order valence-corrected chi connectivity index (χ2v) is 5.77. The Morgan fingerprint density at radius 1 is 1.22 bits per heavy atom. The van der Waals surface area contributed by atoms with Gasteiger partial charge in [-0.1, -0.05) is 13.0 Å². The third-order valence-electron chi connectivity index (χ3n) is 3.99. The summed E-state index contributed by atoms with van der Waals surface area (Å²) in [7, 11) is 0. The largest absolute Gasteiger partial charge is 0.490 e. The van der Waals surface area contributed by atoms with E-state index in [1.807, 2.05) is 19.2 Å². The average Bonchev–Trinajstić information content (AvgIpc) is 2.79. The van der Waals surface area contributed by atoms with Gasteiger partial charge in [-0.2, -0.15) is 0 Å². The maximum atomic E-state index is 5.78. The number of rotatable bonds is 4. The van der Waals surface area contributed by atoms with Crippen LogP contribution in [0.4, 0.5) is 5.82 Å². The molecular formula is C18H23N3O2. The van der Waals surface area contributed by atoms with Crippen LogP contribution in [-0.4, -0.2) is 23.2 Å². The smallest absolute Gasteiger partial charge is 0.161 e. The van der Waals surface area contributed by atoms with Gasteiger partial charge in [0.1, 0.15) is 11.6 Å². The summed E-state index contributed by atoms with van der Waals surface area (Å²) in [5.74, 6) is 3.32. The van der Waals surface area contributed by atoms with E-state index < -0.39 is 0 Å². The van der Waals surface area contributed by atoms with Crippen LogP contribution >= 0.6 is 0 Å². The van der Waals surface area contributed by atoms with E-state index in [0.717, 1.165) is 47.1 Å². The normalized spacial score (nSPS) is 14.9. The van der Waals surface area contributed by atoms with Crippen molar-refractivity contribution >= 4 is 5.82 Å². The molecule has 2 heterocycles. The molecule has 0 spiro atoms. The predicted molar refractivity (Wildman–Crippen MR) is 90.2 cm³/mol. The number of nitrogens with one attached hydrogen (secondary N) is 1. The summed E-state index contributed by atoms with van der Waals surface area (Å²) >= 11 is 0. The van der Waals surface area contributed by atoms with Gasteiger partial charge < -0.3 is 14.8 Å². The highest BCUT2D eigenvalue weighted by Gasteiger charge is 2.15. The number of aromatic nitrogens is 2. The molecular weight excluding hydrogens is 290 g/mol. The van der Waals surface area contributed by atoms with Gasteiger partial charge in [0.2, 0.25) is 0 Å². The van der Waals surface area contributed by atoms with Crippen LogP contribution in [0.2, 0.25) is 0 Å². The first kappa shape index (κ1) is 15.6. The van der Waals surface area contributed by atoms with Gasteiger partial charge in [0.15, 0.2) is 11.5 Å². The van der Waals surface area contributed by atoms with Crippen molar-refractivity contribution in [2.24, 2.45) is 0 Å². The zero-order valence-corrected chi connectivity index (χ0v) is 13.9. The Hall–Kier alpha value is -2.30. The van der Waals surface area contributed by atoms with Crippen LogP contribution in [-0.2, 0) is 6.42 Å². The van der Waals surface area contributed by atoms with E-state index in [4.69, 9.17) is 9.47 Å². The molecule has 23 heavy (non-hydrogen) atoms. The minimum atomic E-state index is 0.117. The Morgan fingerprint density at radius 3 is 2.78 bits per heavy atom. The van der Waals surface area contributed by atoms with Gasteiger partial charge in [-0.05, 0) is 38.0 Å². The van der Waals surface area contributed by atoms with Gasteiger partial charge in [0, 0.05) is 18.2 Å². The van der Waals surface area contributed by atoms with E-state index >= 15 is 0 Å². The summed E-state index contributed by atoms with van der Waals surface area (Å²) in [6.07, 6.45) is 3.71. The van der Waals surface area contributed by atoms with Crippen molar-refractivity contribution in [3.8, 4) is 11.5 Å². The van der Waals surface area contributed by atoms with Crippen LogP contribution in [0.25, 0.3) is 0 Å². The summed E-state index contributed by atoms with van der Waals surface area (Å²) in [4.78, 5) is 8.80. The van der Waals surface area contributed by atoms with E-state index in [1.165, 1.54) is 0 Å². The van der Waals surface area contributed by atoms with Gasteiger partial charge in [-0.25, -0.2) is 9.97 Å². The van der Waals surface area contributed by atoms with Crippen molar-refractivity contribution in [1.29, 1.82) is 0 Å². The van der Waals surface area contributed by atoms with Crippen LogP contribution < -0.4 is 14.8 Å². The van der Waals surface area contributed by atoms with Crippen molar-refractivity contribution < 1.29 is 9.47 Å². The van der Waals surface area contributed by atoms with E-state index in [1.54, 1.807) is 0 Å². The molecule has 0 aliphatic carbocycles. The van der Waals surface area contributed by atoms with Crippen LogP contribution in [0, 0.1) is 6.92 Å². The highest BCUT2D eigenvalue weighted by molar-refractivity contribution is 5.48. The molecule has 122 valence electrons. The molecule has 3 rings (SSSR count). The molecule has 0 fully saturated rings. The number of ether oxygens (including phenoxy) is 2. The van der Waals surface area contributed by atoms with Crippen molar-refractivity contribution in [1.82, 2.24) is 9.97 Å². The van der Waals surface area contributed by atoms with Crippen molar-refractivity contribution in [3.63, 3.8) is 0 Å². The SMILES string of the molecule is CCc1cnc(C)nc1NC(C)c1ccc2c(c1)OCCCO2. The lowest BCUT2D eigenvalue weighted by Gasteiger charge is -2.18. The molecule has 0 radical (unpaired) electrons. The Morgan fingerprint density at radius 2 is 2.00 bits per heavy atom. The highest BCUT2D eigenvalue weighted by Crippen LogP contribution is 2.33. The van der Waals surface area contributed by atoms with Gasteiger partial charge in [-0.3, -0.25) is 0 Å². The molecule has 1 aromatic heterocycles. The van der Waals surface area contributed by atoms with Crippen molar-refractivity contribution in [3.05, 3.63) is 41.3 Å². The van der Waals surface area contributed by atoms with Gasteiger partial charge >= 0.3 is 0 Å². The Bertz CT molecular complexity index is 688. The van der Waals surface area contributed by atoms with Crippen LogP contribution in [0.15, 0.2) is 24.4 Å². The molecule has 0 saturated carbocycles. The third kappa shape index (κ3) is 3.55. The number of hydrogen-bond acceptors (Lipinski definition) is 5. The van der Waals surface area contributed by atoms with E-state index in [2.05, 4.69) is 41.3 Å². The molecule has 1 atom stereocenters. The summed E-state index contributed by atoms with van der Waals surface area (Å²) in [5, 5.41) is 3.49. The van der Waals surface area contributed by atoms with Crippen molar-refractivity contribution in [2.75, 3.05) is 18.5 Å². The van der Waals surface area contributed by atoms with Crippen LogP contribution in [0.5, 0.6) is 11.5 Å². The molecule has 1 N–H and O–H groups in total. The third-order valence-corrected chi connectivity index (χ3v) is 3.99. The minimum Gasteiger partial charge on any atom is -0.490 e. The first-order chi connectivity index (χ1) is 11.2. The fraction of sp³-hybridized carbons (Fsp3) is 0.444. The van der Waals surface area contributed by atoms with E-state index in [0.29, 0.717) is 13.2 Å². The number of aryl methyl sites for hydroxylation is 2. The lowest BCUT2D eigenvalue weighted by molar-refractivity contribution is 0.297. The first-order valence-electron chi connectivity index (χ1n) is 8.16. The second-order valence-electron chi connectivity index (χ2n) is 5.77. The van der Waals surface area contributed by atoms with Crippen LogP contribution in [0.1, 0.15) is 43.3 Å². The fourth-order valence-electron chi connectivity index (χ4n) is 2.62. The maximum absolute atomic E-state index is 5.78. The summed E-state index contributed by atoms with van der Waals surface area (Å²) in [5.41, 5.74) is 2.27. The first-order valence-corrected chi connectivity index (χ1v) is 8.16. The molecule has 1 aliphatic rings. The molecule has 1 unspecified atom stereocenters. The molecule has 2 aromatic rings. The Kier molecular flexibility index (Phi) is 4.65. The zero-order chi connectivity index (χ0) is 16.2. The maximum Gasteiger partial charge on any atom is 0.161 e. The quantitative estimate of drug-likeness (QED) is 0.933. The summed E-state index contributed by atoms with van der Waals surface area (Å²) < 4.78 is 11.5. The van der Waals surface area contributed by atoms with Gasteiger partial charge in [0.05, 0.1) is 19.3 Å². The highest BCUT2D eigenvalue weighted by atomic mass is 16.5. The predicted octanol–water partition coefficient (Wildman–Crippen LogP) is 3.68. The van der Waals surface area contributed by atoms with Crippen molar-refractivity contribution in [2.45, 2.75) is 39.7 Å². The molecule has 1 aromatic carbocycles. The number of hydrogen-bond donors (Lipinski definition) is 1. The van der Waals surface area contributed by atoms with Gasteiger partial charge in [-0.15, -0.1) is 0 Å². The Labute approximate surface area is 137 Å². The lowest BCUT2D eigenvalue weighted by Crippen LogP contribution is -2.11. The standard InChI is InChI=1S/C18H23N3O2/c1-4-14-11-19-13(3)21-18(14)20-12(2)15-6-7-16-17(10-15)23-9-5-8-22-16/h6-7,10-12H,4-5,8-9H2,1-3H3,(H,19,20,21). The van der Waals surface area contributed by atoms with Gasteiger partial charge in [0.25, 0.3) is 0 Å². The topological polar surface area (TPSA) is 56.3 Å². The van der Waals surface area contributed by atoms with E-state index in [-0.39, 0.29) is 6.04 Å².